The highest BCUT2D eigenvalue weighted by atomic mass is 19.2. The van der Waals surface area contributed by atoms with Crippen molar-refractivity contribution in [3.05, 3.63) is 76.7 Å². The summed E-state index contributed by atoms with van der Waals surface area (Å²) in [7, 11) is 0. The lowest BCUT2D eigenvalue weighted by Crippen LogP contribution is -2.48. The van der Waals surface area contributed by atoms with Crippen LogP contribution in [0.1, 0.15) is 63.6 Å². The lowest BCUT2D eigenvalue weighted by molar-refractivity contribution is -0.118. The van der Waals surface area contributed by atoms with E-state index in [0.717, 1.165) is 18.6 Å². The number of carbonyl (C=O) groups excluding carboxylic acids is 1. The third kappa shape index (κ3) is 7.48. The predicted molar refractivity (Wildman–Crippen MR) is 147 cm³/mol. The Morgan fingerprint density at radius 2 is 1.85 bits per heavy atom. The first-order valence-corrected chi connectivity index (χ1v) is 13.7. The molecule has 6 nitrogen and oxygen atoms in total. The summed E-state index contributed by atoms with van der Waals surface area (Å²) in [4.78, 5) is 17.5. The highest BCUT2D eigenvalue weighted by Crippen LogP contribution is 2.26. The molecule has 0 aliphatic heterocycles. The fraction of sp³-hybridized carbons (Fsp3) is 0.467. The number of amides is 1. The fourth-order valence-electron chi connectivity index (χ4n) is 5.06. The zero-order valence-corrected chi connectivity index (χ0v) is 23.4. The molecule has 0 bridgehead atoms. The van der Waals surface area contributed by atoms with Crippen molar-refractivity contribution in [1.82, 2.24) is 20.2 Å². The Bertz CT molecular complexity index is 1350. The summed E-state index contributed by atoms with van der Waals surface area (Å²) in [6, 6.07) is 3.86. The summed E-state index contributed by atoms with van der Waals surface area (Å²) in [5.74, 6) is -3.09. The van der Waals surface area contributed by atoms with Crippen LogP contribution in [0.15, 0.2) is 36.8 Å². The monoisotopic (exact) mass is 559 g/mol. The van der Waals surface area contributed by atoms with Gasteiger partial charge in [0.25, 0.3) is 0 Å². The number of halogens is 4. The lowest BCUT2D eigenvalue weighted by atomic mass is 9.87. The van der Waals surface area contributed by atoms with Crippen LogP contribution in [0.3, 0.4) is 0 Å². The summed E-state index contributed by atoms with van der Waals surface area (Å²) in [6.45, 7) is 9.19. The van der Waals surface area contributed by atoms with E-state index in [2.05, 4.69) is 41.7 Å². The maximum Gasteiger partial charge on any atom is 0.242 e. The van der Waals surface area contributed by atoms with E-state index in [1.54, 1.807) is 10.8 Å². The highest BCUT2D eigenvalue weighted by molar-refractivity contribution is 5.94. The number of nitrogens with one attached hydrogen (secondary N) is 3. The van der Waals surface area contributed by atoms with Crippen molar-refractivity contribution in [1.29, 1.82) is 0 Å². The van der Waals surface area contributed by atoms with Gasteiger partial charge in [-0.2, -0.15) is 0 Å². The molecular formula is C30H37F4N5O. The molecule has 0 saturated heterocycles. The Kier molecular flexibility index (Phi) is 9.30. The average Bonchev–Trinajstić information content (AvgIpc) is 3.33. The molecule has 1 unspecified atom stereocenters. The summed E-state index contributed by atoms with van der Waals surface area (Å²) in [5.41, 5.74) is 2.13. The Labute approximate surface area is 232 Å². The molecule has 1 aliphatic carbocycles. The van der Waals surface area contributed by atoms with Crippen molar-refractivity contribution in [2.45, 2.75) is 78.4 Å². The second kappa shape index (κ2) is 12.5. The SMILES string of the molecule is CCCC(N[C@H]1CCc2cc(F)cc(F)c2C1)C(=O)Nc1cn(-c2cc(F)c(F)cc2CNCC(C)(C)C)cn1. The first-order chi connectivity index (χ1) is 18.9. The van der Waals surface area contributed by atoms with Gasteiger partial charge in [0, 0.05) is 31.3 Å². The first-order valence-electron chi connectivity index (χ1n) is 13.7. The molecule has 216 valence electrons. The van der Waals surface area contributed by atoms with Crippen LogP contribution < -0.4 is 16.0 Å². The van der Waals surface area contributed by atoms with Gasteiger partial charge in [-0.05, 0) is 59.9 Å². The van der Waals surface area contributed by atoms with Crippen LogP contribution in [-0.4, -0.2) is 34.1 Å². The number of aromatic nitrogens is 2. The van der Waals surface area contributed by atoms with Gasteiger partial charge in [-0.1, -0.05) is 34.1 Å². The van der Waals surface area contributed by atoms with Gasteiger partial charge >= 0.3 is 0 Å². The first kappa shape index (κ1) is 29.7. The van der Waals surface area contributed by atoms with Gasteiger partial charge in [0.05, 0.1) is 17.9 Å². The molecule has 0 saturated carbocycles. The smallest absolute Gasteiger partial charge is 0.242 e. The molecule has 0 radical (unpaired) electrons. The molecule has 40 heavy (non-hydrogen) atoms. The molecule has 1 amide bonds. The molecule has 1 aromatic heterocycles. The zero-order valence-electron chi connectivity index (χ0n) is 23.4. The number of nitrogens with zero attached hydrogens (tertiary/aromatic N) is 2. The number of fused-ring (bicyclic) bond motifs is 1. The molecule has 1 heterocycles. The topological polar surface area (TPSA) is 71.0 Å². The van der Waals surface area contributed by atoms with Crippen molar-refractivity contribution >= 4 is 11.7 Å². The third-order valence-electron chi connectivity index (χ3n) is 7.00. The van der Waals surface area contributed by atoms with E-state index in [4.69, 9.17) is 0 Å². The minimum absolute atomic E-state index is 0.0152. The second-order valence-electron chi connectivity index (χ2n) is 11.7. The normalized spacial score (nSPS) is 16.1. The van der Waals surface area contributed by atoms with E-state index >= 15 is 0 Å². The van der Waals surface area contributed by atoms with Gasteiger partial charge in [0.2, 0.25) is 5.91 Å². The number of rotatable bonds is 10. The highest BCUT2D eigenvalue weighted by Gasteiger charge is 2.27. The van der Waals surface area contributed by atoms with Crippen molar-refractivity contribution in [2.75, 3.05) is 11.9 Å². The second-order valence-corrected chi connectivity index (χ2v) is 11.7. The van der Waals surface area contributed by atoms with E-state index in [-0.39, 0.29) is 23.2 Å². The molecule has 1 aliphatic rings. The molecule has 0 fully saturated rings. The van der Waals surface area contributed by atoms with E-state index < -0.39 is 29.3 Å². The van der Waals surface area contributed by atoms with Crippen LogP contribution in [0.5, 0.6) is 0 Å². The molecule has 2 aromatic carbocycles. The van der Waals surface area contributed by atoms with E-state index in [1.165, 1.54) is 18.5 Å². The largest absolute Gasteiger partial charge is 0.312 e. The maximum atomic E-state index is 14.4. The molecule has 3 N–H and O–H groups in total. The van der Waals surface area contributed by atoms with Crippen LogP contribution in [0.2, 0.25) is 0 Å². The summed E-state index contributed by atoms with van der Waals surface area (Å²) < 4.78 is 57.7. The van der Waals surface area contributed by atoms with E-state index in [0.29, 0.717) is 61.2 Å². The summed E-state index contributed by atoms with van der Waals surface area (Å²) in [6.07, 6.45) is 5.83. The van der Waals surface area contributed by atoms with Crippen LogP contribution in [-0.2, 0) is 24.2 Å². The Balaban J connectivity index is 1.45. The van der Waals surface area contributed by atoms with E-state index in [9.17, 15) is 22.4 Å². The lowest BCUT2D eigenvalue weighted by Gasteiger charge is -2.29. The quantitative estimate of drug-likeness (QED) is 0.274. The van der Waals surface area contributed by atoms with Crippen molar-refractivity contribution in [3.8, 4) is 5.69 Å². The van der Waals surface area contributed by atoms with E-state index in [1.807, 2.05) is 6.92 Å². The molecular weight excluding hydrogens is 522 g/mol. The minimum Gasteiger partial charge on any atom is -0.312 e. The van der Waals surface area contributed by atoms with Gasteiger partial charge in [0.1, 0.15) is 18.0 Å². The Hall–Kier alpha value is -3.24. The van der Waals surface area contributed by atoms with Gasteiger partial charge in [0.15, 0.2) is 17.5 Å². The Morgan fingerprint density at radius 1 is 1.10 bits per heavy atom. The standard InChI is InChI=1S/C30H37F4N5O/c1-5-6-26(37-21-8-7-18-9-20(31)11-23(32)22(18)12-21)29(40)38-28-15-39(17-36-28)27-13-25(34)24(33)10-19(27)14-35-16-30(2,3)4/h9-11,13,15,17,21,26,35,37H,5-8,12,14,16H2,1-4H3,(H,38,40)/t21-,26?/m0/s1. The number of anilines is 1. The van der Waals surface area contributed by atoms with Crippen molar-refractivity contribution in [3.63, 3.8) is 0 Å². The third-order valence-corrected chi connectivity index (χ3v) is 7.00. The number of imidazole rings is 1. The van der Waals surface area contributed by atoms with Gasteiger partial charge < -0.3 is 20.5 Å². The predicted octanol–water partition coefficient (Wildman–Crippen LogP) is 5.82. The molecule has 2 atom stereocenters. The maximum absolute atomic E-state index is 14.4. The Morgan fingerprint density at radius 3 is 2.58 bits per heavy atom. The van der Waals surface area contributed by atoms with Gasteiger partial charge in [-0.3, -0.25) is 4.79 Å². The number of hydrogen-bond acceptors (Lipinski definition) is 4. The average molecular weight is 560 g/mol. The van der Waals surface area contributed by atoms with Crippen LogP contribution in [0, 0.1) is 28.7 Å². The van der Waals surface area contributed by atoms with Gasteiger partial charge in [-0.25, -0.2) is 22.5 Å². The number of benzene rings is 2. The number of aryl methyl sites for hydroxylation is 1. The fourth-order valence-corrected chi connectivity index (χ4v) is 5.06. The van der Waals surface area contributed by atoms with Crippen LogP contribution >= 0.6 is 0 Å². The summed E-state index contributed by atoms with van der Waals surface area (Å²) >= 11 is 0. The molecule has 4 rings (SSSR count). The van der Waals surface area contributed by atoms with Crippen molar-refractivity contribution < 1.29 is 22.4 Å². The van der Waals surface area contributed by atoms with Crippen molar-refractivity contribution in [2.24, 2.45) is 5.41 Å². The van der Waals surface area contributed by atoms with Gasteiger partial charge in [-0.15, -0.1) is 0 Å². The van der Waals surface area contributed by atoms with Crippen LogP contribution in [0.4, 0.5) is 23.4 Å². The van der Waals surface area contributed by atoms with Crippen LogP contribution in [0.25, 0.3) is 5.69 Å². The minimum atomic E-state index is -0.978. The number of hydrogen-bond donors (Lipinski definition) is 3. The summed E-state index contributed by atoms with van der Waals surface area (Å²) in [5, 5.41) is 9.44. The number of carbonyl (C=O) groups is 1. The zero-order chi connectivity index (χ0) is 29.0. The molecule has 10 heteroatoms. The molecule has 3 aromatic rings. The molecule has 0 spiro atoms.